The number of hydrogen-bond donors (Lipinski definition) is 3. The van der Waals surface area contributed by atoms with Gasteiger partial charge in [-0.1, -0.05) is 23.7 Å². The van der Waals surface area contributed by atoms with Crippen molar-refractivity contribution in [3.8, 4) is 0 Å². The van der Waals surface area contributed by atoms with Gasteiger partial charge in [0.25, 0.3) is 0 Å². The number of nitrogens with zero attached hydrogens (tertiary/aromatic N) is 7. The van der Waals surface area contributed by atoms with Gasteiger partial charge in [0.05, 0.1) is 35.7 Å². The Morgan fingerprint density at radius 3 is 2.19 bits per heavy atom. The second-order valence-corrected chi connectivity index (χ2v) is 17.9. The van der Waals surface area contributed by atoms with Crippen molar-refractivity contribution in [3.63, 3.8) is 0 Å². The fraction of sp³-hybridized carbons (Fsp3) is 0.643. The van der Waals surface area contributed by atoms with Gasteiger partial charge in [-0.05, 0) is 89.5 Å². The Bertz CT molecular complexity index is 1840. The van der Waals surface area contributed by atoms with Crippen LogP contribution >= 0.6 is 11.6 Å². The minimum Gasteiger partial charge on any atom is -0.444 e. The molecular formula is C42H61ClN10O5. The number of piperazine rings is 1. The van der Waals surface area contributed by atoms with Gasteiger partial charge >= 0.3 is 6.09 Å². The predicted molar refractivity (Wildman–Crippen MR) is 224 cm³/mol. The maximum atomic E-state index is 13.9. The molecule has 3 aromatic rings. The number of likely N-dealkylation sites (tertiary alicyclic amines) is 2. The van der Waals surface area contributed by atoms with Gasteiger partial charge in [-0.25, -0.2) is 14.8 Å². The summed E-state index contributed by atoms with van der Waals surface area (Å²) >= 11 is 6.24. The highest BCUT2D eigenvalue weighted by Crippen LogP contribution is 2.30. The Labute approximate surface area is 346 Å². The van der Waals surface area contributed by atoms with Crippen LogP contribution in [0, 0.1) is 0 Å². The van der Waals surface area contributed by atoms with Crippen LogP contribution < -0.4 is 16.0 Å². The number of benzene rings is 1. The zero-order valence-electron chi connectivity index (χ0n) is 34.3. The van der Waals surface area contributed by atoms with Gasteiger partial charge in [-0.3, -0.25) is 19.4 Å². The first kappa shape index (κ1) is 42.1. The van der Waals surface area contributed by atoms with Crippen LogP contribution in [0.1, 0.15) is 77.3 Å². The van der Waals surface area contributed by atoms with Gasteiger partial charge in [0.2, 0.25) is 11.8 Å². The summed E-state index contributed by atoms with van der Waals surface area (Å²) in [5.41, 5.74) is 7.12. The number of carbonyl (C=O) groups is 3. The van der Waals surface area contributed by atoms with Crippen LogP contribution in [0.5, 0.6) is 0 Å². The van der Waals surface area contributed by atoms with E-state index in [1.54, 1.807) is 11.2 Å². The number of amides is 3. The molecule has 4 fully saturated rings. The second kappa shape index (κ2) is 18.5. The maximum absolute atomic E-state index is 13.9. The first-order valence-electron chi connectivity index (χ1n) is 21.1. The zero-order valence-corrected chi connectivity index (χ0v) is 35.1. The Hall–Kier alpha value is -4.02. The van der Waals surface area contributed by atoms with E-state index in [1.807, 2.05) is 62.2 Å². The van der Waals surface area contributed by atoms with Crippen molar-refractivity contribution < 1.29 is 23.9 Å². The van der Waals surface area contributed by atoms with E-state index in [2.05, 4.69) is 35.0 Å². The Morgan fingerprint density at radius 2 is 1.53 bits per heavy atom. The number of anilines is 1. The third-order valence-corrected chi connectivity index (χ3v) is 12.4. The van der Waals surface area contributed by atoms with E-state index in [4.69, 9.17) is 26.8 Å². The minimum atomic E-state index is -0.998. The molecule has 7 rings (SSSR count). The highest BCUT2D eigenvalue weighted by atomic mass is 35.5. The van der Waals surface area contributed by atoms with E-state index in [9.17, 15) is 14.4 Å². The third kappa shape index (κ3) is 10.8. The lowest BCUT2D eigenvalue weighted by Crippen LogP contribution is -2.60. The lowest BCUT2D eigenvalue weighted by Gasteiger charge is -2.40. The summed E-state index contributed by atoms with van der Waals surface area (Å²) in [4.78, 5) is 62.2. The van der Waals surface area contributed by atoms with Crippen molar-refractivity contribution in [3.05, 3.63) is 53.4 Å². The molecule has 1 atom stereocenters. The summed E-state index contributed by atoms with van der Waals surface area (Å²) in [5, 5.41) is 4.91. The highest BCUT2D eigenvalue weighted by molar-refractivity contribution is 6.30. The molecule has 4 aliphatic rings. The molecule has 16 heteroatoms. The molecule has 2 aromatic heterocycles. The molecule has 3 amide bonds. The first-order valence-corrected chi connectivity index (χ1v) is 21.4. The van der Waals surface area contributed by atoms with Crippen molar-refractivity contribution in [1.29, 1.82) is 0 Å². The van der Waals surface area contributed by atoms with Crippen LogP contribution in [-0.4, -0.2) is 154 Å². The molecule has 0 radical (unpaired) electrons. The van der Waals surface area contributed by atoms with Gasteiger partial charge in [-0.15, -0.1) is 0 Å². The van der Waals surface area contributed by atoms with Gasteiger partial charge in [0, 0.05) is 83.2 Å². The molecule has 0 unspecified atom stereocenters. The molecule has 0 saturated carbocycles. The highest BCUT2D eigenvalue weighted by Gasteiger charge is 2.39. The number of fused-ring (bicyclic) bond motifs is 1. The second-order valence-electron chi connectivity index (χ2n) is 17.4. The molecule has 0 aliphatic carbocycles. The van der Waals surface area contributed by atoms with E-state index in [1.165, 1.54) is 0 Å². The smallest absolute Gasteiger partial charge is 0.410 e. The number of aromatic amines is 1. The third-order valence-electron chi connectivity index (χ3n) is 12.1. The van der Waals surface area contributed by atoms with Gasteiger partial charge < -0.3 is 40.2 Å². The quantitative estimate of drug-likeness (QED) is 0.254. The molecule has 58 heavy (non-hydrogen) atoms. The van der Waals surface area contributed by atoms with Gasteiger partial charge in [0.15, 0.2) is 0 Å². The fourth-order valence-electron chi connectivity index (χ4n) is 8.57. The lowest BCUT2D eigenvalue weighted by molar-refractivity contribution is -0.135. The van der Waals surface area contributed by atoms with Crippen LogP contribution in [0.15, 0.2) is 42.9 Å². The summed E-state index contributed by atoms with van der Waals surface area (Å²) in [7, 11) is 0. The number of H-pyrrole nitrogens is 1. The van der Waals surface area contributed by atoms with Crippen molar-refractivity contribution in [2.75, 3.05) is 83.4 Å². The number of rotatable bonds is 11. The topological polar surface area (TPSA) is 165 Å². The number of halogens is 1. The van der Waals surface area contributed by atoms with Gasteiger partial charge in [0.1, 0.15) is 23.4 Å². The van der Waals surface area contributed by atoms with E-state index in [-0.39, 0.29) is 36.2 Å². The largest absolute Gasteiger partial charge is 0.444 e. The number of nitrogens with one attached hydrogen (secondary N) is 2. The number of nitrogens with two attached hydrogens (primary N) is 1. The van der Waals surface area contributed by atoms with Crippen molar-refractivity contribution in [2.24, 2.45) is 5.73 Å². The Morgan fingerprint density at radius 1 is 0.879 bits per heavy atom. The summed E-state index contributed by atoms with van der Waals surface area (Å²) in [6.07, 6.45) is 8.66. The van der Waals surface area contributed by atoms with Crippen LogP contribution in [0.25, 0.3) is 11.0 Å². The predicted octanol–water partition coefficient (Wildman–Crippen LogP) is 4.18. The molecule has 316 valence electrons. The molecule has 15 nitrogen and oxygen atoms in total. The lowest BCUT2D eigenvalue weighted by atomic mass is 9.87. The maximum Gasteiger partial charge on any atom is 0.410 e. The minimum absolute atomic E-state index is 0.145. The van der Waals surface area contributed by atoms with E-state index >= 15 is 0 Å². The Balaban J connectivity index is 0.827. The van der Waals surface area contributed by atoms with Crippen LogP contribution in [0.3, 0.4) is 0 Å². The fourth-order valence-corrected chi connectivity index (χ4v) is 8.70. The molecule has 0 spiro atoms. The van der Waals surface area contributed by atoms with Crippen LogP contribution in [0.2, 0.25) is 5.02 Å². The number of carbonyl (C=O) groups excluding carboxylic acids is 3. The normalized spacial score (nSPS) is 20.9. The number of ether oxygens (including phenoxy) is 2. The first-order chi connectivity index (χ1) is 27.8. The molecule has 4 aliphatic heterocycles. The molecule has 6 heterocycles. The van der Waals surface area contributed by atoms with Crippen LogP contribution in [-0.2, 0) is 19.1 Å². The summed E-state index contributed by atoms with van der Waals surface area (Å²) in [6.45, 7) is 14.0. The average molecular weight is 821 g/mol. The molecular weight excluding hydrogens is 760 g/mol. The molecule has 0 bridgehead atoms. The average Bonchev–Trinajstić information content (AvgIpc) is 3.70. The van der Waals surface area contributed by atoms with E-state index in [0.717, 1.165) is 80.8 Å². The molecule has 4 saturated heterocycles. The van der Waals surface area contributed by atoms with Crippen molar-refractivity contribution in [1.82, 2.24) is 39.9 Å². The Kier molecular flexibility index (Phi) is 13.4. The van der Waals surface area contributed by atoms with E-state index in [0.29, 0.717) is 70.1 Å². The number of aromatic nitrogens is 3. The molecule has 4 N–H and O–H groups in total. The molecule has 1 aromatic carbocycles. The summed E-state index contributed by atoms with van der Waals surface area (Å²) in [6, 6.07) is 9.39. The van der Waals surface area contributed by atoms with Crippen molar-refractivity contribution in [2.45, 2.75) is 95.1 Å². The zero-order chi connectivity index (χ0) is 40.9. The van der Waals surface area contributed by atoms with Crippen molar-refractivity contribution >= 4 is 46.4 Å². The summed E-state index contributed by atoms with van der Waals surface area (Å²) < 4.78 is 12.0. The van der Waals surface area contributed by atoms with E-state index < -0.39 is 11.1 Å². The number of hydrogen-bond acceptors (Lipinski definition) is 11. The van der Waals surface area contributed by atoms with Gasteiger partial charge in [-0.2, -0.15) is 0 Å². The number of piperidine rings is 3. The van der Waals surface area contributed by atoms with Crippen LogP contribution in [0.4, 0.5) is 10.6 Å². The standard InChI is InChI=1S/C42H61ClN10O5/c1-41(2,3)58-40(56)53-20-11-33(12-21-53)57-32-9-17-50(18-10-32)28-36(54)51-26-24-49(25-27-51)19-13-35(30-4-6-31(43)7-5-30)48-39(55)42(44)14-22-52(23-15-42)38-34-8-16-45-37(34)46-29-47-38/h4-8,16,29,32-33,35H,9-15,17-28,44H2,1-3H3,(H,48,55)(H,45,46,47)/t35-/m0/s1. The monoisotopic (exact) mass is 820 g/mol. The SMILES string of the molecule is CC(C)(C)OC(=O)N1CCC(OC2CCN(CC(=O)N3CCN(CC[C@H](NC(=O)C4(N)CCN(c5ncnc6[nH]ccc56)CC4)c4ccc(Cl)cc4)CC3)CC2)CC1. The summed E-state index contributed by atoms with van der Waals surface area (Å²) in [5.74, 6) is 0.886.